The van der Waals surface area contributed by atoms with E-state index >= 15 is 0 Å². The maximum Gasteiger partial charge on any atom is 0.259 e. The first-order chi connectivity index (χ1) is 11.5. The van der Waals surface area contributed by atoms with Crippen LogP contribution in [0.3, 0.4) is 0 Å². The van der Waals surface area contributed by atoms with Crippen molar-refractivity contribution in [2.45, 2.75) is 26.9 Å². The van der Waals surface area contributed by atoms with Crippen LogP contribution in [0.25, 0.3) is 10.9 Å². The van der Waals surface area contributed by atoms with Gasteiger partial charge in [-0.25, -0.2) is 0 Å². The number of aromatic nitrogens is 2. The number of aryl methyl sites for hydroxylation is 2. The number of nitrogens with zero attached hydrogens (tertiary/aromatic N) is 2. The van der Waals surface area contributed by atoms with E-state index in [0.717, 1.165) is 11.1 Å². The maximum atomic E-state index is 12.3. The van der Waals surface area contributed by atoms with E-state index in [9.17, 15) is 9.59 Å². The standard InChI is InChI=1S/C18H18ClN3O2/c1-3-21-9-7-16-13(18(21)24)6-8-22(16)11-17(23)20-15-5-4-12(2)10-14(15)19/h4-10H,3,11H2,1-2H3,(H,20,23). The summed E-state index contributed by atoms with van der Waals surface area (Å²) < 4.78 is 3.40. The molecule has 2 heterocycles. The van der Waals surface area contributed by atoms with Gasteiger partial charge in [0, 0.05) is 18.9 Å². The molecule has 0 aliphatic carbocycles. The van der Waals surface area contributed by atoms with Gasteiger partial charge in [-0.3, -0.25) is 9.59 Å². The number of hydrogen-bond acceptors (Lipinski definition) is 2. The molecule has 1 N–H and O–H groups in total. The molecule has 0 aliphatic heterocycles. The number of benzene rings is 1. The van der Waals surface area contributed by atoms with Crippen molar-refractivity contribution in [3.8, 4) is 0 Å². The van der Waals surface area contributed by atoms with E-state index < -0.39 is 0 Å². The third-order valence-electron chi connectivity index (χ3n) is 3.96. The van der Waals surface area contributed by atoms with E-state index in [2.05, 4.69) is 5.32 Å². The first-order valence-corrected chi connectivity index (χ1v) is 8.11. The van der Waals surface area contributed by atoms with E-state index in [1.807, 2.05) is 26.0 Å². The highest BCUT2D eigenvalue weighted by molar-refractivity contribution is 6.33. The lowest BCUT2D eigenvalue weighted by Gasteiger charge is -2.10. The Bertz CT molecular complexity index is 972. The normalized spacial score (nSPS) is 11.0. The van der Waals surface area contributed by atoms with E-state index in [1.54, 1.807) is 39.7 Å². The smallest absolute Gasteiger partial charge is 0.259 e. The number of pyridine rings is 1. The third kappa shape index (κ3) is 3.08. The lowest BCUT2D eigenvalue weighted by molar-refractivity contribution is -0.116. The Morgan fingerprint density at radius 3 is 2.62 bits per heavy atom. The summed E-state index contributed by atoms with van der Waals surface area (Å²) in [6.45, 7) is 4.59. The molecule has 1 amide bonds. The van der Waals surface area contributed by atoms with Crippen LogP contribution in [0.1, 0.15) is 12.5 Å². The Morgan fingerprint density at radius 2 is 1.92 bits per heavy atom. The highest BCUT2D eigenvalue weighted by Crippen LogP contribution is 2.22. The molecule has 0 atom stereocenters. The molecule has 6 heteroatoms. The van der Waals surface area contributed by atoms with Crippen LogP contribution in [0, 0.1) is 6.92 Å². The summed E-state index contributed by atoms with van der Waals surface area (Å²) in [5, 5.41) is 3.92. The van der Waals surface area contributed by atoms with Gasteiger partial charge in [0.15, 0.2) is 0 Å². The number of carbonyl (C=O) groups is 1. The minimum Gasteiger partial charge on any atom is -0.338 e. The number of anilines is 1. The Labute approximate surface area is 144 Å². The fourth-order valence-corrected chi connectivity index (χ4v) is 2.97. The molecule has 3 aromatic rings. The first-order valence-electron chi connectivity index (χ1n) is 7.74. The molecule has 0 fully saturated rings. The topological polar surface area (TPSA) is 56.0 Å². The molecule has 2 aromatic heterocycles. The monoisotopic (exact) mass is 343 g/mol. The molecule has 0 spiro atoms. The second-order valence-corrected chi connectivity index (χ2v) is 6.09. The molecule has 0 bridgehead atoms. The Hall–Kier alpha value is -2.53. The minimum atomic E-state index is -0.196. The van der Waals surface area contributed by atoms with Crippen molar-refractivity contribution in [2.75, 3.05) is 5.32 Å². The van der Waals surface area contributed by atoms with Crippen LogP contribution in [-0.2, 0) is 17.9 Å². The van der Waals surface area contributed by atoms with E-state index in [0.29, 0.717) is 22.6 Å². The summed E-state index contributed by atoms with van der Waals surface area (Å²) in [6.07, 6.45) is 3.50. The number of hydrogen-bond donors (Lipinski definition) is 1. The molecule has 24 heavy (non-hydrogen) atoms. The van der Waals surface area contributed by atoms with Gasteiger partial charge in [-0.05, 0) is 43.7 Å². The van der Waals surface area contributed by atoms with E-state index in [-0.39, 0.29) is 18.0 Å². The van der Waals surface area contributed by atoms with Crippen molar-refractivity contribution in [3.05, 3.63) is 63.7 Å². The van der Waals surface area contributed by atoms with Crippen LogP contribution in [-0.4, -0.2) is 15.0 Å². The van der Waals surface area contributed by atoms with Gasteiger partial charge in [0.05, 0.1) is 21.6 Å². The summed E-state index contributed by atoms with van der Waals surface area (Å²) in [4.78, 5) is 24.6. The van der Waals surface area contributed by atoms with Crippen LogP contribution < -0.4 is 10.9 Å². The van der Waals surface area contributed by atoms with Crippen molar-refractivity contribution in [1.82, 2.24) is 9.13 Å². The van der Waals surface area contributed by atoms with Gasteiger partial charge in [0.25, 0.3) is 5.56 Å². The zero-order chi connectivity index (χ0) is 17.3. The summed E-state index contributed by atoms with van der Waals surface area (Å²) in [7, 11) is 0. The molecule has 0 unspecified atom stereocenters. The van der Waals surface area contributed by atoms with Gasteiger partial charge < -0.3 is 14.5 Å². The van der Waals surface area contributed by atoms with Crippen LogP contribution in [0.5, 0.6) is 0 Å². The lowest BCUT2D eigenvalue weighted by Crippen LogP contribution is -2.20. The van der Waals surface area contributed by atoms with Crippen LogP contribution in [0.4, 0.5) is 5.69 Å². The molecule has 124 valence electrons. The molecule has 5 nitrogen and oxygen atoms in total. The summed E-state index contributed by atoms with van der Waals surface area (Å²) in [6, 6.07) is 9.07. The molecular weight excluding hydrogens is 326 g/mol. The third-order valence-corrected chi connectivity index (χ3v) is 4.28. The number of amides is 1. The Kier molecular flexibility index (Phi) is 4.44. The van der Waals surface area contributed by atoms with Gasteiger partial charge in [0.2, 0.25) is 5.91 Å². The van der Waals surface area contributed by atoms with Crippen LogP contribution >= 0.6 is 11.6 Å². The number of nitrogens with one attached hydrogen (secondary N) is 1. The highest BCUT2D eigenvalue weighted by Gasteiger charge is 2.11. The van der Waals surface area contributed by atoms with Crippen molar-refractivity contribution in [3.63, 3.8) is 0 Å². The predicted molar refractivity (Wildman–Crippen MR) is 96.7 cm³/mol. The SMILES string of the molecule is CCn1ccc2c(ccn2CC(=O)Nc2ccc(C)cc2Cl)c1=O. The Balaban J connectivity index is 1.83. The first kappa shape index (κ1) is 16.3. The summed E-state index contributed by atoms with van der Waals surface area (Å²) in [5.41, 5.74) is 2.31. The van der Waals surface area contributed by atoms with Gasteiger partial charge in [-0.2, -0.15) is 0 Å². The van der Waals surface area contributed by atoms with Gasteiger partial charge in [-0.15, -0.1) is 0 Å². The summed E-state index contributed by atoms with van der Waals surface area (Å²) >= 11 is 6.14. The molecule has 0 saturated carbocycles. The molecule has 0 saturated heterocycles. The average Bonchev–Trinajstić information content (AvgIpc) is 2.94. The predicted octanol–water partition coefficient (Wildman–Crippen LogP) is 3.42. The van der Waals surface area contributed by atoms with E-state index in [4.69, 9.17) is 11.6 Å². The van der Waals surface area contributed by atoms with Gasteiger partial charge in [-0.1, -0.05) is 17.7 Å². The second kappa shape index (κ2) is 6.53. The number of carbonyl (C=O) groups excluding carboxylic acids is 1. The highest BCUT2D eigenvalue weighted by atomic mass is 35.5. The van der Waals surface area contributed by atoms with Crippen molar-refractivity contribution >= 4 is 34.1 Å². The second-order valence-electron chi connectivity index (χ2n) is 5.68. The molecular formula is C18H18ClN3O2. The molecule has 0 aliphatic rings. The fraction of sp³-hybridized carbons (Fsp3) is 0.222. The van der Waals surface area contributed by atoms with Crippen molar-refractivity contribution in [1.29, 1.82) is 0 Å². The zero-order valence-corrected chi connectivity index (χ0v) is 14.3. The van der Waals surface area contributed by atoms with Crippen molar-refractivity contribution < 1.29 is 4.79 Å². The minimum absolute atomic E-state index is 0.0456. The van der Waals surface area contributed by atoms with Crippen LogP contribution in [0.2, 0.25) is 5.02 Å². The Morgan fingerprint density at radius 1 is 1.17 bits per heavy atom. The molecule has 0 radical (unpaired) electrons. The van der Waals surface area contributed by atoms with Gasteiger partial charge in [0.1, 0.15) is 6.54 Å². The molecule has 3 rings (SSSR count). The maximum absolute atomic E-state index is 12.3. The van der Waals surface area contributed by atoms with Gasteiger partial charge >= 0.3 is 0 Å². The van der Waals surface area contributed by atoms with Crippen LogP contribution in [0.15, 0.2) is 47.5 Å². The zero-order valence-electron chi connectivity index (χ0n) is 13.5. The summed E-state index contributed by atoms with van der Waals surface area (Å²) in [5.74, 6) is -0.196. The average molecular weight is 344 g/mol. The largest absolute Gasteiger partial charge is 0.338 e. The van der Waals surface area contributed by atoms with E-state index in [1.165, 1.54) is 0 Å². The molecule has 1 aromatic carbocycles. The number of fused-ring (bicyclic) bond motifs is 1. The van der Waals surface area contributed by atoms with Crippen molar-refractivity contribution in [2.24, 2.45) is 0 Å². The number of rotatable bonds is 4. The lowest BCUT2D eigenvalue weighted by atomic mass is 10.2. The fourth-order valence-electron chi connectivity index (χ4n) is 2.69. The quantitative estimate of drug-likeness (QED) is 0.789. The number of halogens is 1.